The van der Waals surface area contributed by atoms with Crippen molar-refractivity contribution in [3.8, 4) is 0 Å². The van der Waals surface area contributed by atoms with Crippen molar-refractivity contribution in [3.63, 3.8) is 0 Å². The van der Waals surface area contributed by atoms with Crippen LogP contribution in [0.1, 0.15) is 6.92 Å². The largest absolute Gasteiger partial charge is 0.480 e. The van der Waals surface area contributed by atoms with Crippen LogP contribution >= 0.6 is 0 Å². The van der Waals surface area contributed by atoms with Gasteiger partial charge in [0, 0.05) is 12.1 Å². The van der Waals surface area contributed by atoms with Gasteiger partial charge in [-0.3, -0.25) is 19.6 Å². The number of non-ortho nitro benzene ring substituents is 1. The molecular formula is C9H10N2O6S. The highest BCUT2D eigenvalue weighted by atomic mass is 32.2. The molecule has 1 unspecified atom stereocenters. The Hall–Kier alpha value is -2.16. The summed E-state index contributed by atoms with van der Waals surface area (Å²) in [6.07, 6.45) is 0. The van der Waals surface area contributed by atoms with Gasteiger partial charge in [-0.05, 0) is 13.0 Å². The minimum atomic E-state index is -4.13. The highest BCUT2D eigenvalue weighted by molar-refractivity contribution is 7.94. The van der Waals surface area contributed by atoms with E-state index < -0.39 is 26.2 Å². The summed E-state index contributed by atoms with van der Waals surface area (Å²) in [6.45, 7) is 1.00. The standard InChI is InChI=1S/C9H10N2O6S/c1-6(9(12)13)18(16,17)10-7-3-2-4-8(5-7)11(14)15/h2-6,10H,1H3,(H,12,13). The highest BCUT2D eigenvalue weighted by Gasteiger charge is 2.27. The zero-order valence-electron chi connectivity index (χ0n) is 9.23. The van der Waals surface area contributed by atoms with E-state index in [4.69, 9.17) is 5.11 Å². The molecule has 0 heterocycles. The maximum Gasteiger partial charge on any atom is 0.323 e. The molecular weight excluding hydrogens is 264 g/mol. The molecule has 1 aromatic rings. The number of hydrogen-bond donors (Lipinski definition) is 2. The third-order valence-corrected chi connectivity index (χ3v) is 3.78. The van der Waals surface area contributed by atoms with E-state index in [1.54, 1.807) is 0 Å². The summed E-state index contributed by atoms with van der Waals surface area (Å²) in [6, 6.07) is 4.78. The molecule has 0 fully saturated rings. The summed E-state index contributed by atoms with van der Waals surface area (Å²) in [4.78, 5) is 20.4. The third-order valence-electron chi connectivity index (χ3n) is 2.13. The van der Waals surface area contributed by atoms with E-state index in [0.717, 1.165) is 13.0 Å². The summed E-state index contributed by atoms with van der Waals surface area (Å²) in [5, 5.41) is 17.5. The van der Waals surface area contributed by atoms with E-state index in [1.807, 2.05) is 4.72 Å². The fourth-order valence-electron chi connectivity index (χ4n) is 1.07. The molecule has 0 radical (unpaired) electrons. The number of nitrogens with one attached hydrogen (secondary N) is 1. The molecule has 8 nitrogen and oxygen atoms in total. The van der Waals surface area contributed by atoms with Gasteiger partial charge in [0.25, 0.3) is 5.69 Å². The molecule has 9 heteroatoms. The number of rotatable bonds is 5. The lowest BCUT2D eigenvalue weighted by Crippen LogP contribution is -2.32. The zero-order valence-corrected chi connectivity index (χ0v) is 10.0. The molecule has 0 aliphatic rings. The topological polar surface area (TPSA) is 127 Å². The van der Waals surface area contributed by atoms with Gasteiger partial charge in [0.05, 0.1) is 10.6 Å². The van der Waals surface area contributed by atoms with Gasteiger partial charge in [0.2, 0.25) is 10.0 Å². The minimum absolute atomic E-state index is 0.0581. The van der Waals surface area contributed by atoms with E-state index >= 15 is 0 Å². The lowest BCUT2D eigenvalue weighted by atomic mass is 10.3. The van der Waals surface area contributed by atoms with E-state index in [0.29, 0.717) is 0 Å². The number of anilines is 1. The summed E-state index contributed by atoms with van der Waals surface area (Å²) in [7, 11) is -4.13. The number of benzene rings is 1. The summed E-state index contributed by atoms with van der Waals surface area (Å²) >= 11 is 0. The Morgan fingerprint density at radius 2 is 2.11 bits per heavy atom. The SMILES string of the molecule is CC(C(=O)O)S(=O)(=O)Nc1cccc([N+](=O)[O-])c1. The van der Waals surface area contributed by atoms with Crippen LogP contribution in [0.2, 0.25) is 0 Å². The number of sulfonamides is 1. The predicted octanol–water partition coefficient (Wildman–Crippen LogP) is 0.810. The number of aliphatic carboxylic acids is 1. The first kappa shape index (κ1) is 13.9. The van der Waals surface area contributed by atoms with Gasteiger partial charge >= 0.3 is 5.97 Å². The summed E-state index contributed by atoms with van der Waals surface area (Å²) in [5.41, 5.74) is -0.351. The first-order chi connectivity index (χ1) is 8.24. The summed E-state index contributed by atoms with van der Waals surface area (Å²) in [5.74, 6) is -1.51. The molecule has 1 rings (SSSR count). The second-order valence-electron chi connectivity index (χ2n) is 3.43. The molecule has 18 heavy (non-hydrogen) atoms. The summed E-state index contributed by atoms with van der Waals surface area (Å²) < 4.78 is 25.1. The van der Waals surface area contributed by atoms with E-state index in [-0.39, 0.29) is 11.4 Å². The molecule has 0 saturated heterocycles. The van der Waals surface area contributed by atoms with Crippen LogP contribution in [0.4, 0.5) is 11.4 Å². The average molecular weight is 274 g/mol. The maximum atomic E-state index is 11.6. The number of carbonyl (C=O) groups is 1. The van der Waals surface area contributed by atoms with Crippen LogP contribution in [0, 0.1) is 10.1 Å². The van der Waals surface area contributed by atoms with Crippen molar-refractivity contribution in [2.45, 2.75) is 12.2 Å². The monoisotopic (exact) mass is 274 g/mol. The van der Waals surface area contributed by atoms with Gasteiger partial charge in [-0.2, -0.15) is 0 Å². The van der Waals surface area contributed by atoms with Crippen LogP contribution in [0.15, 0.2) is 24.3 Å². The van der Waals surface area contributed by atoms with Crippen LogP contribution in [-0.4, -0.2) is 29.7 Å². The fraction of sp³-hybridized carbons (Fsp3) is 0.222. The zero-order chi connectivity index (χ0) is 13.9. The number of carboxylic acids is 1. The van der Waals surface area contributed by atoms with Gasteiger partial charge < -0.3 is 5.11 Å². The molecule has 1 atom stereocenters. The van der Waals surface area contributed by atoms with Crippen molar-refractivity contribution < 1.29 is 23.2 Å². The second-order valence-corrected chi connectivity index (χ2v) is 5.44. The Labute approximate surface area is 102 Å². The van der Waals surface area contributed by atoms with E-state index in [1.165, 1.54) is 18.2 Å². The van der Waals surface area contributed by atoms with Gasteiger partial charge in [-0.25, -0.2) is 8.42 Å². The lowest BCUT2D eigenvalue weighted by molar-refractivity contribution is -0.384. The Kier molecular flexibility index (Phi) is 3.86. The minimum Gasteiger partial charge on any atom is -0.480 e. The van der Waals surface area contributed by atoms with Crippen LogP contribution in [-0.2, 0) is 14.8 Å². The number of carboxylic acid groups (broad SMARTS) is 1. The van der Waals surface area contributed by atoms with E-state index in [2.05, 4.69) is 0 Å². The average Bonchev–Trinajstić information content (AvgIpc) is 2.27. The molecule has 0 aliphatic heterocycles. The molecule has 0 amide bonds. The Bertz CT molecular complexity index is 582. The molecule has 0 spiro atoms. The molecule has 0 saturated carbocycles. The molecule has 98 valence electrons. The molecule has 1 aromatic carbocycles. The first-order valence-electron chi connectivity index (χ1n) is 4.73. The van der Waals surface area contributed by atoms with Gasteiger partial charge in [-0.15, -0.1) is 0 Å². The smallest absolute Gasteiger partial charge is 0.323 e. The molecule has 0 aromatic heterocycles. The normalized spacial score (nSPS) is 12.7. The van der Waals surface area contributed by atoms with Crippen LogP contribution in [0.5, 0.6) is 0 Å². The molecule has 0 aliphatic carbocycles. The van der Waals surface area contributed by atoms with Crippen molar-refractivity contribution in [1.82, 2.24) is 0 Å². The molecule has 2 N–H and O–H groups in total. The van der Waals surface area contributed by atoms with Crippen molar-refractivity contribution in [1.29, 1.82) is 0 Å². The Morgan fingerprint density at radius 3 is 2.61 bits per heavy atom. The van der Waals surface area contributed by atoms with Crippen LogP contribution in [0.25, 0.3) is 0 Å². The Balaban J connectivity index is 3.01. The predicted molar refractivity (Wildman–Crippen MR) is 62.7 cm³/mol. The number of nitro benzene ring substituents is 1. The van der Waals surface area contributed by atoms with Gasteiger partial charge in [0.15, 0.2) is 5.25 Å². The third kappa shape index (κ3) is 3.17. The quantitative estimate of drug-likeness (QED) is 0.604. The van der Waals surface area contributed by atoms with Crippen LogP contribution in [0.3, 0.4) is 0 Å². The van der Waals surface area contributed by atoms with E-state index in [9.17, 15) is 23.3 Å². The van der Waals surface area contributed by atoms with Crippen molar-refractivity contribution in [2.24, 2.45) is 0 Å². The van der Waals surface area contributed by atoms with Crippen LogP contribution < -0.4 is 4.72 Å². The highest BCUT2D eigenvalue weighted by Crippen LogP contribution is 2.19. The first-order valence-corrected chi connectivity index (χ1v) is 6.27. The van der Waals surface area contributed by atoms with Crippen molar-refractivity contribution >= 4 is 27.4 Å². The fourth-order valence-corrected chi connectivity index (χ4v) is 1.97. The van der Waals surface area contributed by atoms with Crippen molar-refractivity contribution in [3.05, 3.63) is 34.4 Å². The number of hydrogen-bond acceptors (Lipinski definition) is 5. The lowest BCUT2D eigenvalue weighted by Gasteiger charge is -2.10. The number of nitrogens with zero attached hydrogens (tertiary/aromatic N) is 1. The van der Waals surface area contributed by atoms with Gasteiger partial charge in [0.1, 0.15) is 0 Å². The maximum absolute atomic E-state index is 11.6. The number of nitro groups is 1. The molecule has 0 bridgehead atoms. The van der Waals surface area contributed by atoms with Gasteiger partial charge in [-0.1, -0.05) is 6.07 Å². The Morgan fingerprint density at radius 1 is 1.50 bits per heavy atom. The van der Waals surface area contributed by atoms with Crippen molar-refractivity contribution in [2.75, 3.05) is 4.72 Å². The second kappa shape index (κ2) is 5.00.